The van der Waals surface area contributed by atoms with Crippen molar-refractivity contribution < 1.29 is 9.59 Å². The van der Waals surface area contributed by atoms with Crippen LogP contribution in [0.4, 0.5) is 0 Å². The van der Waals surface area contributed by atoms with Crippen molar-refractivity contribution in [2.24, 2.45) is 0 Å². The first-order valence-corrected chi connectivity index (χ1v) is 11.1. The molecule has 0 spiro atoms. The highest BCUT2D eigenvalue weighted by Gasteiger charge is 2.30. The first-order valence-electron chi connectivity index (χ1n) is 10.3. The van der Waals surface area contributed by atoms with Crippen molar-refractivity contribution in [3.8, 4) is 0 Å². The average molecular weight is 427 g/mol. The molecule has 2 aromatic heterocycles. The van der Waals surface area contributed by atoms with E-state index in [0.29, 0.717) is 19.4 Å². The Balaban J connectivity index is 1.58. The molecule has 1 aromatic carbocycles. The van der Waals surface area contributed by atoms with Gasteiger partial charge < -0.3 is 9.80 Å². The summed E-state index contributed by atoms with van der Waals surface area (Å²) in [5, 5.41) is 12.2. The molecule has 0 bridgehead atoms. The third kappa shape index (κ3) is 4.21. The Morgan fingerprint density at radius 2 is 2.07 bits per heavy atom. The summed E-state index contributed by atoms with van der Waals surface area (Å²) in [4.78, 5) is 30.3. The molecule has 4 rings (SSSR count). The molecule has 0 N–H and O–H groups in total. The lowest BCUT2D eigenvalue weighted by atomic mass is 9.93. The predicted octanol–water partition coefficient (Wildman–Crippen LogP) is 2.60. The van der Waals surface area contributed by atoms with Gasteiger partial charge in [-0.05, 0) is 53.1 Å². The second kappa shape index (κ2) is 8.91. The highest BCUT2D eigenvalue weighted by molar-refractivity contribution is 7.21. The summed E-state index contributed by atoms with van der Waals surface area (Å²) in [5.74, 6) is 0.147. The van der Waals surface area contributed by atoms with Crippen LogP contribution in [-0.4, -0.2) is 68.5 Å². The monoisotopic (exact) mass is 426 g/mol. The molecule has 3 aromatic rings. The van der Waals surface area contributed by atoms with Crippen LogP contribution in [0.5, 0.6) is 0 Å². The second-order valence-corrected chi connectivity index (χ2v) is 8.92. The van der Waals surface area contributed by atoms with Gasteiger partial charge in [-0.2, -0.15) is 0 Å². The van der Waals surface area contributed by atoms with Gasteiger partial charge in [0.1, 0.15) is 6.33 Å². The maximum atomic E-state index is 13.0. The van der Waals surface area contributed by atoms with Crippen LogP contribution in [0, 0.1) is 0 Å². The van der Waals surface area contributed by atoms with Crippen molar-refractivity contribution in [3.63, 3.8) is 0 Å². The Morgan fingerprint density at radius 3 is 2.83 bits per heavy atom. The molecule has 8 nitrogen and oxygen atoms in total. The van der Waals surface area contributed by atoms with Crippen LogP contribution in [-0.2, 0) is 17.8 Å². The van der Waals surface area contributed by atoms with Crippen molar-refractivity contribution in [1.82, 2.24) is 30.0 Å². The molecule has 9 heteroatoms. The number of amides is 2. The Bertz CT molecular complexity index is 1030. The van der Waals surface area contributed by atoms with E-state index in [0.717, 1.165) is 46.3 Å². The number of nitrogens with zero attached hydrogens (tertiary/aromatic N) is 6. The van der Waals surface area contributed by atoms with Crippen LogP contribution < -0.4 is 0 Å². The molecule has 0 aliphatic carbocycles. The zero-order chi connectivity index (χ0) is 21.1. The van der Waals surface area contributed by atoms with Crippen LogP contribution in [0.1, 0.15) is 40.9 Å². The third-order valence-corrected chi connectivity index (χ3v) is 6.83. The Labute approximate surface area is 179 Å². The van der Waals surface area contributed by atoms with E-state index >= 15 is 0 Å². The Morgan fingerprint density at radius 1 is 1.23 bits per heavy atom. The number of rotatable bonds is 6. The van der Waals surface area contributed by atoms with Gasteiger partial charge in [-0.1, -0.05) is 18.2 Å². The number of likely N-dealkylation sites (tertiary alicyclic amines) is 1. The minimum atomic E-state index is 0.0265. The van der Waals surface area contributed by atoms with Crippen molar-refractivity contribution in [1.29, 1.82) is 0 Å². The van der Waals surface area contributed by atoms with Gasteiger partial charge in [-0.25, -0.2) is 4.68 Å². The van der Waals surface area contributed by atoms with Crippen LogP contribution in [0.2, 0.25) is 0 Å². The van der Waals surface area contributed by atoms with E-state index in [9.17, 15) is 9.59 Å². The fourth-order valence-electron chi connectivity index (χ4n) is 4.09. The topological polar surface area (TPSA) is 84.2 Å². The van der Waals surface area contributed by atoms with Gasteiger partial charge in [0.25, 0.3) is 5.91 Å². The molecule has 1 unspecified atom stereocenters. The molecule has 3 heterocycles. The first-order chi connectivity index (χ1) is 14.5. The quantitative estimate of drug-likeness (QED) is 0.605. The molecule has 1 fully saturated rings. The lowest BCUT2D eigenvalue weighted by Crippen LogP contribution is -2.45. The van der Waals surface area contributed by atoms with Crippen molar-refractivity contribution in [2.75, 3.05) is 20.6 Å². The first kappa shape index (κ1) is 20.5. The lowest BCUT2D eigenvalue weighted by Gasteiger charge is -2.36. The molecule has 0 radical (unpaired) electrons. The number of fused-ring (bicyclic) bond motifs is 1. The SMILES string of the molecule is CN(C)C(=O)c1sc2ccccc2c1CC1CCCCN1C(=O)CCn1cnnn1. The number of carbonyl (C=O) groups is 2. The summed E-state index contributed by atoms with van der Waals surface area (Å²) >= 11 is 1.55. The molecule has 30 heavy (non-hydrogen) atoms. The number of carbonyl (C=O) groups excluding carboxylic acids is 2. The fourth-order valence-corrected chi connectivity index (χ4v) is 5.34. The second-order valence-electron chi connectivity index (χ2n) is 7.87. The summed E-state index contributed by atoms with van der Waals surface area (Å²) < 4.78 is 2.70. The molecule has 1 saturated heterocycles. The lowest BCUT2D eigenvalue weighted by molar-refractivity contribution is -0.135. The molecular weight excluding hydrogens is 400 g/mol. The molecule has 2 amide bonds. The Kier molecular flexibility index (Phi) is 6.08. The molecular formula is C21H26N6O2S. The number of thiophene rings is 1. The standard InChI is InChI=1S/C21H26N6O2S/c1-25(2)21(29)20-17(16-8-3-4-9-18(16)30-20)13-15-7-5-6-11-27(15)19(28)10-12-26-14-22-23-24-26/h3-4,8-9,14-15H,5-7,10-13H2,1-2H3. The summed E-state index contributed by atoms with van der Waals surface area (Å²) in [6.45, 7) is 1.24. The highest BCUT2D eigenvalue weighted by Crippen LogP contribution is 2.35. The van der Waals surface area contributed by atoms with Crippen LogP contribution in [0.15, 0.2) is 30.6 Å². The number of aryl methyl sites for hydroxylation is 1. The van der Waals surface area contributed by atoms with E-state index in [2.05, 4.69) is 27.7 Å². The van der Waals surface area contributed by atoms with Gasteiger partial charge in [-0.3, -0.25) is 9.59 Å². The van der Waals surface area contributed by atoms with Crippen molar-refractivity contribution in [2.45, 2.75) is 44.7 Å². The van der Waals surface area contributed by atoms with E-state index < -0.39 is 0 Å². The zero-order valence-corrected chi connectivity index (χ0v) is 18.1. The van der Waals surface area contributed by atoms with E-state index in [1.54, 1.807) is 35.0 Å². The molecule has 0 saturated carbocycles. The van der Waals surface area contributed by atoms with Crippen LogP contribution >= 0.6 is 11.3 Å². The molecule has 1 atom stereocenters. The number of benzene rings is 1. The van der Waals surface area contributed by atoms with E-state index in [1.807, 2.05) is 17.0 Å². The van der Waals surface area contributed by atoms with Crippen LogP contribution in [0.3, 0.4) is 0 Å². The minimum absolute atomic E-state index is 0.0265. The van der Waals surface area contributed by atoms with E-state index in [4.69, 9.17) is 0 Å². The van der Waals surface area contributed by atoms with Gasteiger partial charge in [-0.15, -0.1) is 16.4 Å². The summed E-state index contributed by atoms with van der Waals surface area (Å²) in [6.07, 6.45) is 5.67. The van der Waals surface area contributed by atoms with Crippen LogP contribution in [0.25, 0.3) is 10.1 Å². The largest absolute Gasteiger partial charge is 0.344 e. The van der Waals surface area contributed by atoms with Gasteiger partial charge in [0, 0.05) is 37.8 Å². The maximum Gasteiger partial charge on any atom is 0.263 e. The normalized spacial score (nSPS) is 16.7. The molecule has 1 aliphatic heterocycles. The smallest absolute Gasteiger partial charge is 0.263 e. The van der Waals surface area contributed by atoms with Gasteiger partial charge in [0.2, 0.25) is 5.91 Å². The van der Waals surface area contributed by atoms with Gasteiger partial charge in [0.15, 0.2) is 0 Å². The number of tetrazole rings is 1. The zero-order valence-electron chi connectivity index (χ0n) is 17.3. The fraction of sp³-hybridized carbons (Fsp3) is 0.476. The van der Waals surface area contributed by atoms with Crippen molar-refractivity contribution >= 4 is 33.2 Å². The number of aromatic nitrogens is 4. The predicted molar refractivity (Wildman–Crippen MR) is 115 cm³/mol. The third-order valence-electron chi connectivity index (χ3n) is 5.63. The average Bonchev–Trinajstić information content (AvgIpc) is 3.40. The summed E-state index contributed by atoms with van der Waals surface area (Å²) in [5.41, 5.74) is 1.07. The summed E-state index contributed by atoms with van der Waals surface area (Å²) in [6, 6.07) is 8.26. The van der Waals surface area contributed by atoms with Gasteiger partial charge in [0.05, 0.1) is 11.4 Å². The maximum absolute atomic E-state index is 13.0. The van der Waals surface area contributed by atoms with E-state index in [1.165, 1.54) is 6.33 Å². The number of hydrogen-bond acceptors (Lipinski definition) is 6. The molecule has 158 valence electrons. The number of piperidine rings is 1. The minimum Gasteiger partial charge on any atom is -0.344 e. The molecule has 1 aliphatic rings. The van der Waals surface area contributed by atoms with Gasteiger partial charge >= 0.3 is 0 Å². The Hall–Kier alpha value is -2.81. The number of hydrogen-bond donors (Lipinski definition) is 0. The van der Waals surface area contributed by atoms with E-state index in [-0.39, 0.29) is 17.9 Å². The van der Waals surface area contributed by atoms with Crippen molar-refractivity contribution in [3.05, 3.63) is 41.0 Å². The highest BCUT2D eigenvalue weighted by atomic mass is 32.1. The summed E-state index contributed by atoms with van der Waals surface area (Å²) in [7, 11) is 3.57.